The number of alkyl halides is 6. The molecule has 1 aromatic rings. The first-order valence-electron chi connectivity index (χ1n) is 12.4. The number of carbonyl (C=O) groups is 2. The molecule has 0 unspecified atom stereocenters. The largest absolute Gasteiger partial charge is 0.416 e. The van der Waals surface area contributed by atoms with E-state index in [0.717, 1.165) is 37.2 Å². The summed E-state index contributed by atoms with van der Waals surface area (Å²) in [4.78, 5) is 32.0. The van der Waals surface area contributed by atoms with Crippen molar-refractivity contribution >= 4 is 28.7 Å². The van der Waals surface area contributed by atoms with Crippen LogP contribution in [0.3, 0.4) is 0 Å². The Labute approximate surface area is 220 Å². The number of amidine groups is 1. The summed E-state index contributed by atoms with van der Waals surface area (Å²) in [5, 5.41) is 2.85. The van der Waals surface area contributed by atoms with Crippen molar-refractivity contribution < 1.29 is 35.9 Å². The van der Waals surface area contributed by atoms with Crippen molar-refractivity contribution in [1.29, 1.82) is 0 Å². The molecule has 0 aliphatic carbocycles. The van der Waals surface area contributed by atoms with Gasteiger partial charge in [-0.1, -0.05) is 12.1 Å². The van der Waals surface area contributed by atoms with Gasteiger partial charge in [0.1, 0.15) is 5.84 Å². The van der Waals surface area contributed by atoms with Gasteiger partial charge < -0.3 is 10.2 Å². The lowest BCUT2D eigenvalue weighted by atomic mass is 9.95. The zero-order chi connectivity index (χ0) is 27.5. The number of nitrogens with zero attached hydrogens (tertiary/aromatic N) is 3. The summed E-state index contributed by atoms with van der Waals surface area (Å²) in [6, 6.07) is 1.78. The standard InChI is InChI=1S/C25H28F6N4O2S/c26-24(27,28)18-5-4-17(19(14-18)25(29,30)31)15-34-11-6-16(7-12-34)13-20-22(33-23(37)38-20)32-8-2-10-35-9-1-3-21(35)36/h4-5,13-14,16H,1-3,6-12,15H2,(H,32,33,37)/b20-13-. The summed E-state index contributed by atoms with van der Waals surface area (Å²) >= 11 is 1.02. The van der Waals surface area contributed by atoms with Crippen molar-refractivity contribution in [2.45, 2.75) is 51.0 Å². The van der Waals surface area contributed by atoms with Gasteiger partial charge in [-0.15, -0.1) is 0 Å². The molecule has 0 spiro atoms. The van der Waals surface area contributed by atoms with Gasteiger partial charge in [0.25, 0.3) is 0 Å². The van der Waals surface area contributed by atoms with Gasteiger partial charge in [-0.05, 0) is 74.1 Å². The van der Waals surface area contributed by atoms with Crippen LogP contribution in [-0.4, -0.2) is 59.5 Å². The van der Waals surface area contributed by atoms with Crippen molar-refractivity contribution in [2.75, 3.05) is 32.7 Å². The van der Waals surface area contributed by atoms with Crippen LogP contribution in [0, 0.1) is 5.92 Å². The third-order valence-corrected chi connectivity index (χ3v) is 7.67. The Morgan fingerprint density at radius 2 is 1.79 bits per heavy atom. The molecule has 0 saturated carbocycles. The smallest absolute Gasteiger partial charge is 0.369 e. The second-order valence-corrected chi connectivity index (χ2v) is 10.6. The third kappa shape index (κ3) is 7.31. The number of piperidine rings is 1. The number of likely N-dealkylation sites (tertiary alicyclic amines) is 2. The Hall–Kier alpha value is -2.54. The second-order valence-electron chi connectivity index (χ2n) is 9.60. The van der Waals surface area contributed by atoms with E-state index in [1.54, 1.807) is 4.90 Å². The summed E-state index contributed by atoms with van der Waals surface area (Å²) in [5.41, 5.74) is -2.77. The molecule has 1 N–H and O–H groups in total. The maximum absolute atomic E-state index is 13.5. The van der Waals surface area contributed by atoms with Crippen LogP contribution in [0.1, 0.15) is 48.8 Å². The van der Waals surface area contributed by atoms with Gasteiger partial charge in [-0.2, -0.15) is 31.3 Å². The molecule has 2 fully saturated rings. The Morgan fingerprint density at radius 3 is 2.42 bits per heavy atom. The Bertz CT molecular complexity index is 1110. The highest BCUT2D eigenvalue weighted by Crippen LogP contribution is 2.38. The summed E-state index contributed by atoms with van der Waals surface area (Å²) in [6.45, 7) is 2.81. The Balaban J connectivity index is 1.31. The van der Waals surface area contributed by atoms with E-state index in [-0.39, 0.29) is 35.2 Å². The maximum Gasteiger partial charge on any atom is 0.416 e. The van der Waals surface area contributed by atoms with Gasteiger partial charge in [-0.25, -0.2) is 0 Å². The SMILES string of the molecule is O=C1N=C(NCCCN2CCCC2=O)/C(=C/C2CCN(Cc3ccc(C(F)(F)F)cc3C(F)(F)F)CC2)S1. The van der Waals surface area contributed by atoms with Gasteiger partial charge in [0.15, 0.2) is 0 Å². The van der Waals surface area contributed by atoms with E-state index in [4.69, 9.17) is 0 Å². The van der Waals surface area contributed by atoms with Crippen LogP contribution in [0.2, 0.25) is 0 Å². The minimum atomic E-state index is -4.89. The molecule has 0 atom stereocenters. The number of rotatable bonds is 7. The van der Waals surface area contributed by atoms with Crippen LogP contribution < -0.4 is 5.32 Å². The molecule has 208 valence electrons. The number of halogens is 6. The average molecular weight is 563 g/mol. The van der Waals surface area contributed by atoms with Crippen LogP contribution in [0.25, 0.3) is 0 Å². The molecule has 3 aliphatic heterocycles. The average Bonchev–Trinajstić information content (AvgIpc) is 3.41. The zero-order valence-corrected chi connectivity index (χ0v) is 21.3. The quantitative estimate of drug-likeness (QED) is 0.342. The van der Waals surface area contributed by atoms with E-state index in [1.165, 1.54) is 0 Å². The summed E-state index contributed by atoms with van der Waals surface area (Å²) in [7, 11) is 0. The van der Waals surface area contributed by atoms with Crippen LogP contribution in [0.15, 0.2) is 34.2 Å². The number of carbonyl (C=O) groups excluding carboxylic acids is 2. The minimum absolute atomic E-state index is 0.0866. The minimum Gasteiger partial charge on any atom is -0.369 e. The second kappa shape index (κ2) is 11.7. The zero-order valence-electron chi connectivity index (χ0n) is 20.5. The molecule has 0 aromatic heterocycles. The van der Waals surface area contributed by atoms with E-state index in [9.17, 15) is 35.9 Å². The Morgan fingerprint density at radius 1 is 1.05 bits per heavy atom. The molecule has 0 radical (unpaired) electrons. The van der Waals surface area contributed by atoms with Crippen molar-refractivity contribution in [3.8, 4) is 0 Å². The van der Waals surface area contributed by atoms with Gasteiger partial charge >= 0.3 is 17.6 Å². The van der Waals surface area contributed by atoms with Gasteiger partial charge in [-0.3, -0.25) is 14.5 Å². The maximum atomic E-state index is 13.5. The number of thioether (sulfide) groups is 1. The third-order valence-electron chi connectivity index (χ3n) is 6.86. The number of aliphatic imine (C=N–C) groups is 1. The first-order valence-corrected chi connectivity index (χ1v) is 13.3. The number of allylic oxidation sites excluding steroid dienone is 1. The molecular formula is C25H28F6N4O2S. The molecule has 0 bridgehead atoms. The summed E-state index contributed by atoms with van der Waals surface area (Å²) < 4.78 is 79.3. The van der Waals surface area contributed by atoms with Crippen LogP contribution in [0.5, 0.6) is 0 Å². The highest BCUT2D eigenvalue weighted by Gasteiger charge is 2.38. The lowest BCUT2D eigenvalue weighted by molar-refractivity contribution is -0.143. The molecule has 2 amide bonds. The van der Waals surface area contributed by atoms with Crippen molar-refractivity contribution in [3.63, 3.8) is 0 Å². The van der Waals surface area contributed by atoms with Crippen LogP contribution in [-0.2, 0) is 23.7 Å². The van der Waals surface area contributed by atoms with Gasteiger partial charge in [0.05, 0.1) is 16.0 Å². The van der Waals surface area contributed by atoms with Crippen LogP contribution >= 0.6 is 11.8 Å². The van der Waals surface area contributed by atoms with E-state index < -0.39 is 23.5 Å². The molecular weight excluding hydrogens is 534 g/mol. The number of hydrogen-bond acceptors (Lipinski definition) is 5. The highest BCUT2D eigenvalue weighted by atomic mass is 32.2. The van der Waals surface area contributed by atoms with Crippen molar-refractivity contribution in [1.82, 2.24) is 15.1 Å². The van der Waals surface area contributed by atoms with Crippen molar-refractivity contribution in [3.05, 3.63) is 45.9 Å². The monoisotopic (exact) mass is 562 g/mol. The topological polar surface area (TPSA) is 65.0 Å². The predicted molar refractivity (Wildman–Crippen MR) is 131 cm³/mol. The molecule has 1 aromatic carbocycles. The lowest BCUT2D eigenvalue weighted by Gasteiger charge is -2.31. The predicted octanol–water partition coefficient (Wildman–Crippen LogP) is 5.69. The molecule has 13 heteroatoms. The Kier molecular flexibility index (Phi) is 8.75. The first-order chi connectivity index (χ1) is 17.9. The lowest BCUT2D eigenvalue weighted by Crippen LogP contribution is -2.34. The molecule has 6 nitrogen and oxygen atoms in total. The summed E-state index contributed by atoms with van der Waals surface area (Å²) in [5.74, 6) is 0.743. The fraction of sp³-hybridized carbons (Fsp3) is 0.560. The number of nitrogens with one attached hydrogen (secondary N) is 1. The number of hydrogen-bond donors (Lipinski definition) is 1. The molecule has 38 heavy (non-hydrogen) atoms. The van der Waals surface area contributed by atoms with E-state index >= 15 is 0 Å². The molecule has 3 heterocycles. The first kappa shape index (κ1) is 28.5. The van der Waals surface area contributed by atoms with Gasteiger partial charge in [0, 0.05) is 32.6 Å². The van der Waals surface area contributed by atoms with E-state index in [1.807, 2.05) is 11.0 Å². The fourth-order valence-corrected chi connectivity index (χ4v) is 5.66. The summed E-state index contributed by atoms with van der Waals surface area (Å²) in [6.07, 6.45) is -4.34. The highest BCUT2D eigenvalue weighted by molar-refractivity contribution is 8.18. The molecule has 2 saturated heterocycles. The van der Waals surface area contributed by atoms with E-state index in [0.29, 0.717) is 62.2 Å². The molecule has 4 rings (SSSR count). The van der Waals surface area contributed by atoms with Crippen LogP contribution in [0.4, 0.5) is 31.1 Å². The fourth-order valence-electron chi connectivity index (χ4n) is 4.86. The van der Waals surface area contributed by atoms with Crippen molar-refractivity contribution in [2.24, 2.45) is 10.9 Å². The normalized spacial score (nSPS) is 21.1. The van der Waals surface area contributed by atoms with Gasteiger partial charge in [0.2, 0.25) is 5.91 Å². The van der Waals surface area contributed by atoms with E-state index in [2.05, 4.69) is 10.3 Å². The number of amides is 2. The number of benzene rings is 1. The molecule has 3 aliphatic rings.